The van der Waals surface area contributed by atoms with Crippen molar-refractivity contribution in [3.8, 4) is 0 Å². The van der Waals surface area contributed by atoms with Gasteiger partial charge in [-0.2, -0.15) is 26.3 Å². The number of morpholine rings is 1. The third-order valence-electron chi connectivity index (χ3n) is 5.53. The fraction of sp³-hybridized carbons (Fsp3) is 0.700. The third-order valence-corrected chi connectivity index (χ3v) is 5.53. The second kappa shape index (κ2) is 13.0. The van der Waals surface area contributed by atoms with E-state index in [1.807, 2.05) is 18.5 Å². The van der Waals surface area contributed by atoms with Gasteiger partial charge in [0.25, 0.3) is 0 Å². The third kappa shape index (κ3) is 9.39. The summed E-state index contributed by atoms with van der Waals surface area (Å²) in [5.74, 6) is -3.90. The number of carbonyl (C=O) groups is 2. The maximum Gasteiger partial charge on any atom is 0.490 e. The highest BCUT2D eigenvalue weighted by atomic mass is 19.4. The molecule has 3 saturated heterocycles. The lowest BCUT2D eigenvalue weighted by Gasteiger charge is -2.36. The van der Waals surface area contributed by atoms with Crippen molar-refractivity contribution in [2.75, 3.05) is 50.9 Å². The number of hydrogen-bond acceptors (Lipinski definition) is 8. The first-order valence-corrected chi connectivity index (χ1v) is 10.8. The van der Waals surface area contributed by atoms with Gasteiger partial charge in [0.1, 0.15) is 0 Å². The summed E-state index contributed by atoms with van der Waals surface area (Å²) >= 11 is 0. The van der Waals surface area contributed by atoms with Gasteiger partial charge in [-0.1, -0.05) is 0 Å². The van der Waals surface area contributed by atoms with E-state index in [4.69, 9.17) is 29.3 Å². The van der Waals surface area contributed by atoms with Gasteiger partial charge in [-0.15, -0.1) is 0 Å². The van der Waals surface area contributed by atoms with Crippen LogP contribution in [-0.2, 0) is 19.1 Å². The molecule has 0 spiro atoms. The van der Waals surface area contributed by atoms with Crippen LogP contribution in [0.3, 0.4) is 0 Å². The number of fused-ring (bicyclic) bond motifs is 1. The van der Waals surface area contributed by atoms with Gasteiger partial charge in [0, 0.05) is 51.8 Å². The van der Waals surface area contributed by atoms with Gasteiger partial charge in [0.05, 0.1) is 18.8 Å². The Morgan fingerprint density at radius 2 is 1.47 bits per heavy atom. The van der Waals surface area contributed by atoms with Crippen LogP contribution in [-0.4, -0.2) is 108 Å². The smallest absolute Gasteiger partial charge is 0.475 e. The number of alkyl halides is 6. The average molecular weight is 532 g/mol. The lowest BCUT2D eigenvalue weighted by atomic mass is 10.00. The van der Waals surface area contributed by atoms with Crippen molar-refractivity contribution in [2.45, 2.75) is 37.3 Å². The van der Waals surface area contributed by atoms with Gasteiger partial charge in [0.2, 0.25) is 5.95 Å². The summed E-state index contributed by atoms with van der Waals surface area (Å²) in [6, 6.07) is 2.25. The zero-order valence-corrected chi connectivity index (χ0v) is 18.9. The predicted octanol–water partition coefficient (Wildman–Crippen LogP) is 2.06. The van der Waals surface area contributed by atoms with Gasteiger partial charge < -0.3 is 24.6 Å². The molecule has 0 aromatic carbocycles. The largest absolute Gasteiger partial charge is 0.490 e. The first kappa shape index (κ1) is 29.5. The maximum absolute atomic E-state index is 10.6. The molecule has 16 heteroatoms. The second-order valence-electron chi connectivity index (χ2n) is 8.10. The quantitative estimate of drug-likeness (QED) is 0.559. The molecule has 4 heterocycles. The summed E-state index contributed by atoms with van der Waals surface area (Å²) in [5.41, 5.74) is 0. The van der Waals surface area contributed by atoms with Crippen LogP contribution >= 0.6 is 0 Å². The molecule has 0 radical (unpaired) electrons. The molecule has 0 saturated carbocycles. The molecule has 4 rings (SSSR count). The SMILES string of the molecule is O=C(O)C(F)(F)F.O=C(O)C(F)(F)F.c1cnc(N2CCO[C@H]3CN(CC4CCOCC4)C[C@H]32)nc1. The minimum atomic E-state index is -5.08. The van der Waals surface area contributed by atoms with Crippen LogP contribution in [0.4, 0.5) is 32.3 Å². The molecule has 2 N–H and O–H groups in total. The van der Waals surface area contributed by atoms with E-state index in [0.29, 0.717) is 6.04 Å². The Morgan fingerprint density at radius 1 is 0.944 bits per heavy atom. The van der Waals surface area contributed by atoms with Crippen LogP contribution in [0.25, 0.3) is 0 Å². The summed E-state index contributed by atoms with van der Waals surface area (Å²) in [6.07, 6.45) is -3.85. The maximum atomic E-state index is 10.6. The van der Waals surface area contributed by atoms with E-state index in [1.54, 1.807) is 0 Å². The topological polar surface area (TPSA) is 125 Å². The van der Waals surface area contributed by atoms with Crippen molar-refractivity contribution in [1.29, 1.82) is 0 Å². The van der Waals surface area contributed by atoms with E-state index in [2.05, 4.69) is 19.8 Å². The van der Waals surface area contributed by atoms with Crippen molar-refractivity contribution < 1.29 is 55.6 Å². The number of nitrogens with zero attached hydrogens (tertiary/aromatic N) is 4. The van der Waals surface area contributed by atoms with Crippen molar-refractivity contribution in [2.24, 2.45) is 5.92 Å². The van der Waals surface area contributed by atoms with E-state index in [0.717, 1.165) is 51.3 Å². The Balaban J connectivity index is 0.000000271. The van der Waals surface area contributed by atoms with Crippen LogP contribution < -0.4 is 4.90 Å². The van der Waals surface area contributed by atoms with Gasteiger partial charge in [-0.25, -0.2) is 19.6 Å². The van der Waals surface area contributed by atoms with Crippen LogP contribution in [0, 0.1) is 5.92 Å². The fourth-order valence-corrected chi connectivity index (χ4v) is 3.90. The average Bonchev–Trinajstić information content (AvgIpc) is 3.22. The van der Waals surface area contributed by atoms with E-state index >= 15 is 0 Å². The summed E-state index contributed by atoms with van der Waals surface area (Å²) in [5, 5.41) is 14.2. The number of halogens is 6. The molecule has 3 aliphatic rings. The molecule has 0 bridgehead atoms. The number of hydrogen-bond donors (Lipinski definition) is 2. The zero-order valence-electron chi connectivity index (χ0n) is 18.9. The van der Waals surface area contributed by atoms with Gasteiger partial charge in [-0.05, 0) is 24.8 Å². The first-order valence-electron chi connectivity index (χ1n) is 10.8. The van der Waals surface area contributed by atoms with Gasteiger partial charge >= 0.3 is 24.3 Å². The Morgan fingerprint density at radius 3 is 1.97 bits per heavy atom. The summed E-state index contributed by atoms with van der Waals surface area (Å²) in [7, 11) is 0. The molecule has 0 amide bonds. The Hall–Kier alpha value is -2.72. The monoisotopic (exact) mass is 532 g/mol. The van der Waals surface area contributed by atoms with Crippen LogP contribution in [0.15, 0.2) is 18.5 Å². The van der Waals surface area contributed by atoms with E-state index < -0.39 is 24.3 Å². The summed E-state index contributed by atoms with van der Waals surface area (Å²) in [6.45, 7) is 6.76. The molecule has 3 fully saturated rings. The zero-order chi connectivity index (χ0) is 26.9. The lowest BCUT2D eigenvalue weighted by molar-refractivity contribution is -0.193. The molecular formula is C20H26F6N4O6. The van der Waals surface area contributed by atoms with E-state index in [-0.39, 0.29) is 6.10 Å². The van der Waals surface area contributed by atoms with Gasteiger partial charge in [0.15, 0.2) is 0 Å². The highest BCUT2D eigenvalue weighted by Crippen LogP contribution is 2.27. The molecule has 2 atom stereocenters. The molecular weight excluding hydrogens is 506 g/mol. The number of likely N-dealkylation sites (tertiary alicyclic amines) is 1. The van der Waals surface area contributed by atoms with Crippen LogP contribution in [0.5, 0.6) is 0 Å². The number of rotatable bonds is 3. The highest BCUT2D eigenvalue weighted by Gasteiger charge is 2.42. The number of carboxylic acid groups (broad SMARTS) is 2. The minimum absolute atomic E-state index is 0.289. The first-order chi connectivity index (χ1) is 16.8. The molecule has 0 aliphatic carbocycles. The number of ether oxygens (including phenoxy) is 2. The Kier molecular flexibility index (Phi) is 10.7. The van der Waals surface area contributed by atoms with Crippen LogP contribution in [0.2, 0.25) is 0 Å². The second-order valence-corrected chi connectivity index (χ2v) is 8.10. The molecule has 10 nitrogen and oxygen atoms in total. The van der Waals surface area contributed by atoms with Gasteiger partial charge in [-0.3, -0.25) is 4.90 Å². The number of aromatic nitrogens is 2. The predicted molar refractivity (Wildman–Crippen MR) is 110 cm³/mol. The van der Waals surface area contributed by atoms with Crippen LogP contribution in [0.1, 0.15) is 12.8 Å². The summed E-state index contributed by atoms with van der Waals surface area (Å²) in [4.78, 5) is 31.5. The van der Waals surface area contributed by atoms with Crippen molar-refractivity contribution >= 4 is 17.9 Å². The Bertz CT molecular complexity index is 814. The summed E-state index contributed by atoms with van der Waals surface area (Å²) < 4.78 is 74.9. The normalized spacial score (nSPS) is 23.0. The molecule has 0 unspecified atom stereocenters. The number of aliphatic carboxylic acids is 2. The standard InChI is InChI=1S/C16H24N4O2.2C2HF3O2/c1-4-17-16(18-5-1)20-6-9-22-15-12-19(11-14(15)20)10-13-2-7-21-8-3-13;2*3-2(4,5)1(6)7/h1,4-5,13-15H,2-3,6-12H2;2*(H,6,7)/t14-,15+;;/m1../s1. The molecule has 1 aromatic rings. The van der Waals surface area contributed by atoms with Crippen molar-refractivity contribution in [3.05, 3.63) is 18.5 Å². The molecule has 3 aliphatic heterocycles. The minimum Gasteiger partial charge on any atom is -0.475 e. The molecule has 1 aromatic heterocycles. The highest BCUT2D eigenvalue weighted by molar-refractivity contribution is 5.73. The van der Waals surface area contributed by atoms with E-state index in [1.165, 1.54) is 19.4 Å². The number of carboxylic acids is 2. The lowest BCUT2D eigenvalue weighted by Crippen LogP contribution is -2.51. The van der Waals surface area contributed by atoms with Crippen molar-refractivity contribution in [1.82, 2.24) is 14.9 Å². The Labute approximate surface area is 201 Å². The van der Waals surface area contributed by atoms with E-state index in [9.17, 15) is 26.3 Å². The molecule has 204 valence electrons. The fourth-order valence-electron chi connectivity index (χ4n) is 3.90. The van der Waals surface area contributed by atoms with Crippen molar-refractivity contribution in [3.63, 3.8) is 0 Å². The molecule has 36 heavy (non-hydrogen) atoms. The number of anilines is 1.